The van der Waals surface area contributed by atoms with E-state index in [0.717, 1.165) is 17.7 Å². The fourth-order valence-electron chi connectivity index (χ4n) is 5.42. The summed E-state index contributed by atoms with van der Waals surface area (Å²) in [6, 6.07) is 20.2. The second-order valence-electron chi connectivity index (χ2n) is 11.2. The quantitative estimate of drug-likeness (QED) is 0.208. The van der Waals surface area contributed by atoms with E-state index in [1.165, 1.54) is 0 Å². The van der Waals surface area contributed by atoms with Crippen LogP contribution in [0.3, 0.4) is 0 Å². The minimum atomic E-state index is -4.59. The summed E-state index contributed by atoms with van der Waals surface area (Å²) >= 11 is 0. The molecule has 13 heteroatoms. The summed E-state index contributed by atoms with van der Waals surface area (Å²) in [5.74, 6) is -2.63. The van der Waals surface area contributed by atoms with Gasteiger partial charge in [0.05, 0.1) is 29.3 Å². The SMILES string of the molecule is O=C(O)CCC(=O)OC(Cc1ccccc1)[C@@H](NC(=O)[C@H]1CC[C@H](NS(=O)(=O)c2ccc(C(F)(F)F)cc2)CC1)c1ccccc1. The number of carboxylic acids is 1. The number of carbonyl (C=O) groups is 3. The molecular weight excluding hydrogens is 625 g/mol. The number of sulfonamides is 1. The van der Waals surface area contributed by atoms with Crippen LogP contribution in [-0.4, -0.2) is 43.5 Å². The predicted molar refractivity (Wildman–Crippen MR) is 162 cm³/mol. The summed E-state index contributed by atoms with van der Waals surface area (Å²) in [6.45, 7) is 0. The highest BCUT2D eigenvalue weighted by atomic mass is 32.2. The Kier molecular flexibility index (Phi) is 11.6. The molecule has 1 saturated carbocycles. The van der Waals surface area contributed by atoms with Crippen molar-refractivity contribution in [3.8, 4) is 0 Å². The monoisotopic (exact) mass is 660 g/mol. The van der Waals surface area contributed by atoms with E-state index in [9.17, 15) is 36.0 Å². The van der Waals surface area contributed by atoms with E-state index >= 15 is 0 Å². The third-order valence-electron chi connectivity index (χ3n) is 7.85. The van der Waals surface area contributed by atoms with Gasteiger partial charge in [-0.3, -0.25) is 14.4 Å². The summed E-state index contributed by atoms with van der Waals surface area (Å²) in [4.78, 5) is 37.0. The number of carbonyl (C=O) groups excluding carboxylic acids is 2. The van der Waals surface area contributed by atoms with Crippen molar-refractivity contribution in [2.75, 3.05) is 0 Å². The van der Waals surface area contributed by atoms with Crippen LogP contribution in [0.5, 0.6) is 0 Å². The molecule has 0 bridgehead atoms. The van der Waals surface area contributed by atoms with Crippen molar-refractivity contribution in [1.82, 2.24) is 10.0 Å². The topological polar surface area (TPSA) is 139 Å². The van der Waals surface area contributed by atoms with Gasteiger partial charge in [-0.1, -0.05) is 60.7 Å². The number of benzene rings is 3. The molecule has 1 fully saturated rings. The first-order chi connectivity index (χ1) is 21.8. The lowest BCUT2D eigenvalue weighted by atomic mass is 9.85. The first kappa shape index (κ1) is 34.6. The number of nitrogens with one attached hydrogen (secondary N) is 2. The number of ether oxygens (including phenoxy) is 1. The molecule has 0 heterocycles. The van der Waals surface area contributed by atoms with Crippen LogP contribution in [0.15, 0.2) is 89.8 Å². The number of aliphatic carboxylic acids is 1. The summed E-state index contributed by atoms with van der Waals surface area (Å²) in [5, 5.41) is 12.1. The van der Waals surface area contributed by atoms with Gasteiger partial charge in [-0.15, -0.1) is 0 Å². The van der Waals surface area contributed by atoms with Crippen molar-refractivity contribution in [3.63, 3.8) is 0 Å². The number of hydrogen-bond donors (Lipinski definition) is 3. The second-order valence-corrected chi connectivity index (χ2v) is 12.9. The zero-order chi connectivity index (χ0) is 33.3. The number of carboxylic acid groups (broad SMARTS) is 1. The maximum Gasteiger partial charge on any atom is 0.416 e. The predicted octanol–water partition coefficient (Wildman–Crippen LogP) is 5.42. The fraction of sp³-hybridized carbons (Fsp3) is 0.364. The van der Waals surface area contributed by atoms with Crippen LogP contribution in [-0.2, 0) is 41.7 Å². The molecule has 9 nitrogen and oxygen atoms in total. The van der Waals surface area contributed by atoms with Crippen molar-refractivity contribution in [2.24, 2.45) is 5.92 Å². The van der Waals surface area contributed by atoms with E-state index < -0.39 is 64.2 Å². The van der Waals surface area contributed by atoms with Crippen molar-refractivity contribution in [2.45, 2.75) is 74.2 Å². The van der Waals surface area contributed by atoms with Crippen molar-refractivity contribution in [3.05, 3.63) is 102 Å². The van der Waals surface area contributed by atoms with E-state index in [4.69, 9.17) is 9.84 Å². The summed E-state index contributed by atoms with van der Waals surface area (Å²) in [7, 11) is -4.08. The molecule has 1 amide bonds. The molecule has 1 unspecified atom stereocenters. The van der Waals surface area contributed by atoms with E-state index in [2.05, 4.69) is 10.0 Å². The number of rotatable bonds is 13. The van der Waals surface area contributed by atoms with Gasteiger partial charge in [-0.25, -0.2) is 13.1 Å². The molecule has 3 N–H and O–H groups in total. The highest BCUT2D eigenvalue weighted by molar-refractivity contribution is 7.89. The molecule has 0 radical (unpaired) electrons. The molecule has 3 aromatic rings. The van der Waals surface area contributed by atoms with Gasteiger partial charge in [-0.05, 0) is 61.1 Å². The van der Waals surface area contributed by atoms with Crippen LogP contribution >= 0.6 is 0 Å². The van der Waals surface area contributed by atoms with Gasteiger partial charge < -0.3 is 15.2 Å². The van der Waals surface area contributed by atoms with Crippen LogP contribution in [0.25, 0.3) is 0 Å². The lowest BCUT2D eigenvalue weighted by Gasteiger charge is -2.32. The minimum Gasteiger partial charge on any atom is -0.481 e. The first-order valence-electron chi connectivity index (χ1n) is 14.8. The molecule has 1 aliphatic carbocycles. The Morgan fingerprint density at radius 2 is 1.43 bits per heavy atom. The summed E-state index contributed by atoms with van der Waals surface area (Å²) in [5.41, 5.74) is 0.572. The molecule has 0 aliphatic heterocycles. The van der Waals surface area contributed by atoms with Crippen LogP contribution in [0.1, 0.15) is 61.3 Å². The first-order valence-corrected chi connectivity index (χ1v) is 16.3. The maximum atomic E-state index is 13.6. The van der Waals surface area contributed by atoms with Gasteiger partial charge >= 0.3 is 18.1 Å². The zero-order valence-corrected chi connectivity index (χ0v) is 25.6. The number of esters is 1. The van der Waals surface area contributed by atoms with Crippen LogP contribution in [0.2, 0.25) is 0 Å². The molecule has 0 saturated heterocycles. The lowest BCUT2D eigenvalue weighted by Crippen LogP contribution is -2.44. The van der Waals surface area contributed by atoms with E-state index in [1.807, 2.05) is 30.3 Å². The Balaban J connectivity index is 1.44. The molecular formula is C33H35F3N2O7S. The summed E-state index contributed by atoms with van der Waals surface area (Å²) in [6.07, 6.45) is -4.59. The molecule has 46 heavy (non-hydrogen) atoms. The van der Waals surface area contributed by atoms with Crippen LogP contribution < -0.4 is 10.0 Å². The van der Waals surface area contributed by atoms with Gasteiger partial charge in [0.15, 0.2) is 0 Å². The van der Waals surface area contributed by atoms with Crippen molar-refractivity contribution >= 4 is 27.9 Å². The van der Waals surface area contributed by atoms with Gasteiger partial charge in [-0.2, -0.15) is 13.2 Å². The van der Waals surface area contributed by atoms with Crippen LogP contribution in [0, 0.1) is 5.92 Å². The molecule has 1 aliphatic rings. The van der Waals surface area contributed by atoms with E-state index in [-0.39, 0.29) is 23.6 Å². The smallest absolute Gasteiger partial charge is 0.416 e. The highest BCUT2D eigenvalue weighted by Gasteiger charge is 2.34. The number of amides is 1. The Morgan fingerprint density at radius 3 is 2.00 bits per heavy atom. The fourth-order valence-corrected chi connectivity index (χ4v) is 6.72. The molecule has 4 rings (SSSR count). The average Bonchev–Trinajstić information content (AvgIpc) is 3.03. The van der Waals surface area contributed by atoms with Gasteiger partial charge in [0.1, 0.15) is 6.10 Å². The standard InChI is InChI=1S/C33H35F3N2O7S/c34-33(35,36)25-13-17-27(18-14-25)46(43,44)38-26-15-11-24(12-16-26)32(42)37-31(23-9-5-2-6-10-23)28(21-22-7-3-1-4-8-22)45-30(41)20-19-29(39)40/h1-10,13-14,17-18,24,26,28,31,38H,11-12,15-16,19-21H2,(H,37,42)(H,39,40)/t24-,26-,28?,31-/m0/s1. The summed E-state index contributed by atoms with van der Waals surface area (Å²) < 4.78 is 72.6. The largest absolute Gasteiger partial charge is 0.481 e. The van der Waals surface area contributed by atoms with Crippen molar-refractivity contribution in [1.29, 1.82) is 0 Å². The maximum absolute atomic E-state index is 13.6. The number of hydrogen-bond acceptors (Lipinski definition) is 6. The van der Waals surface area contributed by atoms with Gasteiger partial charge in [0.2, 0.25) is 15.9 Å². The third-order valence-corrected chi connectivity index (χ3v) is 9.38. The van der Waals surface area contributed by atoms with E-state index in [0.29, 0.717) is 43.4 Å². The molecule has 0 aromatic heterocycles. The number of alkyl halides is 3. The highest BCUT2D eigenvalue weighted by Crippen LogP contribution is 2.31. The minimum absolute atomic E-state index is 0.248. The van der Waals surface area contributed by atoms with Gasteiger partial charge in [0.25, 0.3) is 0 Å². The Bertz CT molecular complexity index is 1580. The molecule has 0 spiro atoms. The normalized spacial score (nSPS) is 18.2. The van der Waals surface area contributed by atoms with Crippen LogP contribution in [0.4, 0.5) is 13.2 Å². The molecule has 246 valence electrons. The Labute approximate surface area is 265 Å². The lowest BCUT2D eigenvalue weighted by molar-refractivity contribution is -0.154. The average molecular weight is 661 g/mol. The molecule has 2 atom stereocenters. The third kappa shape index (κ3) is 9.88. The Morgan fingerprint density at radius 1 is 0.848 bits per heavy atom. The van der Waals surface area contributed by atoms with Gasteiger partial charge in [0, 0.05) is 18.4 Å². The van der Waals surface area contributed by atoms with Crippen molar-refractivity contribution < 1.29 is 45.8 Å². The zero-order valence-electron chi connectivity index (χ0n) is 24.8. The molecule has 3 aromatic carbocycles. The van der Waals surface area contributed by atoms with E-state index in [1.54, 1.807) is 30.3 Å². The second kappa shape index (κ2) is 15.4. The number of halogens is 3. The Hall–Kier alpha value is -4.23.